The van der Waals surface area contributed by atoms with Crippen molar-refractivity contribution in [2.75, 3.05) is 0 Å². The van der Waals surface area contributed by atoms with E-state index in [9.17, 15) is 4.79 Å². The Morgan fingerprint density at radius 2 is 1.78 bits per heavy atom. The third-order valence-electron chi connectivity index (χ3n) is 5.29. The van der Waals surface area contributed by atoms with E-state index in [0.29, 0.717) is 12.5 Å². The second-order valence-electron chi connectivity index (χ2n) is 6.60. The Kier molecular flexibility index (Phi) is 3.18. The predicted molar refractivity (Wildman–Crippen MR) is 71.8 cm³/mol. The zero-order valence-corrected chi connectivity index (χ0v) is 11.0. The highest BCUT2D eigenvalue weighted by Gasteiger charge is 2.48. The molecule has 18 heavy (non-hydrogen) atoms. The summed E-state index contributed by atoms with van der Waals surface area (Å²) in [4.78, 5) is 12.0. The summed E-state index contributed by atoms with van der Waals surface area (Å²) in [5, 5.41) is 3.23. The Bertz CT molecular complexity index is 324. The van der Waals surface area contributed by atoms with Crippen molar-refractivity contribution in [3.63, 3.8) is 0 Å². The molecule has 3 nitrogen and oxygen atoms in total. The van der Waals surface area contributed by atoms with Crippen molar-refractivity contribution in [3.05, 3.63) is 12.7 Å². The van der Waals surface area contributed by atoms with Gasteiger partial charge in [-0.3, -0.25) is 4.79 Å². The first-order chi connectivity index (χ1) is 8.67. The van der Waals surface area contributed by atoms with E-state index < -0.39 is 6.04 Å². The smallest absolute Gasteiger partial charge is 0.237 e. The van der Waals surface area contributed by atoms with Gasteiger partial charge in [0, 0.05) is 6.04 Å². The number of rotatable bonds is 4. The average Bonchev–Trinajstić information content (AvgIpc) is 2.33. The lowest BCUT2D eigenvalue weighted by Gasteiger charge is -2.54. The Balaban J connectivity index is 1.63. The molecule has 4 bridgehead atoms. The Morgan fingerprint density at radius 3 is 2.28 bits per heavy atom. The lowest BCUT2D eigenvalue weighted by Crippen LogP contribution is -2.58. The fourth-order valence-corrected chi connectivity index (χ4v) is 4.72. The van der Waals surface area contributed by atoms with Gasteiger partial charge < -0.3 is 11.1 Å². The van der Waals surface area contributed by atoms with Gasteiger partial charge in [-0.05, 0) is 62.2 Å². The first-order valence-electron chi connectivity index (χ1n) is 7.34. The first kappa shape index (κ1) is 12.2. The van der Waals surface area contributed by atoms with Crippen molar-refractivity contribution in [3.8, 4) is 0 Å². The monoisotopic (exact) mass is 248 g/mol. The van der Waals surface area contributed by atoms with Crippen LogP contribution < -0.4 is 11.1 Å². The van der Waals surface area contributed by atoms with Crippen LogP contribution in [0.15, 0.2) is 12.7 Å². The van der Waals surface area contributed by atoms with E-state index >= 15 is 0 Å². The molecule has 0 aromatic carbocycles. The Morgan fingerprint density at radius 1 is 1.22 bits per heavy atom. The van der Waals surface area contributed by atoms with Crippen LogP contribution in [0.25, 0.3) is 0 Å². The van der Waals surface area contributed by atoms with Gasteiger partial charge in [0.25, 0.3) is 0 Å². The van der Waals surface area contributed by atoms with Crippen LogP contribution in [-0.2, 0) is 4.79 Å². The number of carbonyl (C=O) groups is 1. The fraction of sp³-hybridized carbons (Fsp3) is 0.800. The number of nitrogens with one attached hydrogen (secondary N) is 1. The molecular formula is C15H24N2O. The summed E-state index contributed by atoms with van der Waals surface area (Å²) in [6.45, 7) is 3.64. The number of nitrogens with two attached hydrogens (primary N) is 1. The molecule has 4 fully saturated rings. The van der Waals surface area contributed by atoms with E-state index in [1.807, 2.05) is 0 Å². The van der Waals surface area contributed by atoms with Crippen LogP contribution in [0.3, 0.4) is 0 Å². The van der Waals surface area contributed by atoms with Crippen LogP contribution in [0, 0.1) is 23.7 Å². The van der Waals surface area contributed by atoms with Crippen molar-refractivity contribution in [2.45, 2.75) is 50.6 Å². The number of hydrogen-bond donors (Lipinski definition) is 2. The number of hydrogen-bond acceptors (Lipinski definition) is 2. The van der Waals surface area contributed by atoms with Gasteiger partial charge in [-0.15, -0.1) is 6.58 Å². The first-order valence-corrected chi connectivity index (χ1v) is 7.34. The molecule has 0 aromatic rings. The van der Waals surface area contributed by atoms with E-state index in [1.54, 1.807) is 6.08 Å². The molecule has 100 valence electrons. The largest absolute Gasteiger partial charge is 0.351 e. The van der Waals surface area contributed by atoms with Crippen molar-refractivity contribution < 1.29 is 4.79 Å². The van der Waals surface area contributed by atoms with E-state index in [2.05, 4.69) is 11.9 Å². The Hall–Kier alpha value is -0.830. The number of amides is 1. The molecule has 1 amide bonds. The van der Waals surface area contributed by atoms with E-state index in [-0.39, 0.29) is 5.91 Å². The second kappa shape index (κ2) is 4.69. The molecule has 4 aliphatic rings. The second-order valence-corrected chi connectivity index (χ2v) is 6.60. The minimum Gasteiger partial charge on any atom is -0.351 e. The molecule has 0 heterocycles. The van der Waals surface area contributed by atoms with Gasteiger partial charge in [0.2, 0.25) is 5.91 Å². The van der Waals surface area contributed by atoms with Gasteiger partial charge in [-0.25, -0.2) is 0 Å². The SMILES string of the molecule is C=CCC(N)C(=O)NC1C2CC3CC(C2)CC1C3. The molecule has 3 N–H and O–H groups in total. The summed E-state index contributed by atoms with van der Waals surface area (Å²) < 4.78 is 0. The summed E-state index contributed by atoms with van der Waals surface area (Å²) in [5.41, 5.74) is 5.85. The molecule has 4 rings (SSSR count). The van der Waals surface area contributed by atoms with Crippen LogP contribution >= 0.6 is 0 Å². The quantitative estimate of drug-likeness (QED) is 0.746. The van der Waals surface area contributed by atoms with Gasteiger partial charge in [0.1, 0.15) is 0 Å². The van der Waals surface area contributed by atoms with E-state index in [4.69, 9.17) is 5.73 Å². The minimum absolute atomic E-state index is 0.0207. The zero-order chi connectivity index (χ0) is 12.7. The lowest BCUT2D eigenvalue weighted by molar-refractivity contribution is -0.126. The highest BCUT2D eigenvalue weighted by Crippen LogP contribution is 2.53. The van der Waals surface area contributed by atoms with Gasteiger partial charge in [-0.1, -0.05) is 6.08 Å². The third-order valence-corrected chi connectivity index (χ3v) is 5.29. The van der Waals surface area contributed by atoms with Crippen molar-refractivity contribution in [2.24, 2.45) is 29.4 Å². The predicted octanol–water partition coefficient (Wildman–Crippen LogP) is 1.83. The van der Waals surface area contributed by atoms with E-state index in [0.717, 1.165) is 23.7 Å². The molecule has 1 atom stereocenters. The van der Waals surface area contributed by atoms with Crippen molar-refractivity contribution in [1.29, 1.82) is 0 Å². The van der Waals surface area contributed by atoms with Crippen LogP contribution in [0.5, 0.6) is 0 Å². The highest BCUT2D eigenvalue weighted by atomic mass is 16.2. The fourth-order valence-electron chi connectivity index (χ4n) is 4.72. The third kappa shape index (κ3) is 2.09. The highest BCUT2D eigenvalue weighted by molar-refractivity contribution is 5.82. The van der Waals surface area contributed by atoms with Gasteiger partial charge in [0.05, 0.1) is 6.04 Å². The minimum atomic E-state index is -0.417. The maximum Gasteiger partial charge on any atom is 0.237 e. The summed E-state index contributed by atoms with van der Waals surface area (Å²) in [6.07, 6.45) is 9.05. The lowest BCUT2D eigenvalue weighted by atomic mass is 9.54. The average molecular weight is 248 g/mol. The molecule has 0 aliphatic heterocycles. The topological polar surface area (TPSA) is 55.1 Å². The maximum absolute atomic E-state index is 12.0. The molecule has 0 saturated heterocycles. The molecule has 1 unspecified atom stereocenters. The molecule has 4 aliphatic carbocycles. The van der Waals surface area contributed by atoms with Gasteiger partial charge in [-0.2, -0.15) is 0 Å². The van der Waals surface area contributed by atoms with Gasteiger partial charge >= 0.3 is 0 Å². The standard InChI is InChI=1S/C15H24N2O/c1-2-3-13(16)15(18)17-14-11-5-9-4-10(7-11)8-12(14)6-9/h2,9-14H,1,3-8,16H2,(H,17,18). The zero-order valence-electron chi connectivity index (χ0n) is 11.0. The van der Waals surface area contributed by atoms with Crippen molar-refractivity contribution in [1.82, 2.24) is 5.32 Å². The van der Waals surface area contributed by atoms with Crippen LogP contribution in [-0.4, -0.2) is 18.0 Å². The number of carbonyl (C=O) groups excluding carboxylic acids is 1. The van der Waals surface area contributed by atoms with Crippen molar-refractivity contribution >= 4 is 5.91 Å². The molecule has 0 spiro atoms. The Labute approximate surface area is 109 Å². The molecule has 4 saturated carbocycles. The summed E-state index contributed by atoms with van der Waals surface area (Å²) in [7, 11) is 0. The molecule has 0 radical (unpaired) electrons. The molecule has 3 heteroatoms. The normalized spacial score (nSPS) is 42.6. The van der Waals surface area contributed by atoms with Crippen LogP contribution in [0.4, 0.5) is 0 Å². The van der Waals surface area contributed by atoms with Crippen LogP contribution in [0.2, 0.25) is 0 Å². The van der Waals surface area contributed by atoms with E-state index in [1.165, 1.54) is 32.1 Å². The maximum atomic E-state index is 12.0. The van der Waals surface area contributed by atoms with Crippen LogP contribution in [0.1, 0.15) is 38.5 Å². The summed E-state index contributed by atoms with van der Waals surface area (Å²) in [5.74, 6) is 3.36. The molecular weight excluding hydrogens is 224 g/mol. The summed E-state index contributed by atoms with van der Waals surface area (Å²) in [6, 6.07) is -0.0131. The molecule has 0 aromatic heterocycles. The van der Waals surface area contributed by atoms with Gasteiger partial charge in [0.15, 0.2) is 0 Å². The summed E-state index contributed by atoms with van der Waals surface area (Å²) >= 11 is 0.